The number of hydrogen-bond donors (Lipinski definition) is 2. The summed E-state index contributed by atoms with van der Waals surface area (Å²) in [6.45, 7) is 7.56. The third kappa shape index (κ3) is 5.01. The Morgan fingerprint density at radius 3 is 2.58 bits per heavy atom. The minimum absolute atomic E-state index is 0.0657. The SMILES string of the molecule is CC(C)(C)c1ccc(NC(=O)ON2CCC3(C=C(c4ncccc4Cl)NO3)CC2)cc1. The van der Waals surface area contributed by atoms with Crippen LogP contribution in [0.1, 0.15) is 44.9 Å². The van der Waals surface area contributed by atoms with Crippen LogP contribution in [0.5, 0.6) is 0 Å². The highest BCUT2D eigenvalue weighted by Crippen LogP contribution is 2.35. The number of amides is 1. The maximum atomic E-state index is 12.3. The molecule has 1 saturated heterocycles. The van der Waals surface area contributed by atoms with E-state index in [-0.39, 0.29) is 5.41 Å². The maximum Gasteiger partial charge on any atom is 0.430 e. The Balaban J connectivity index is 1.30. The molecule has 0 unspecified atom stereocenters. The molecule has 2 aliphatic rings. The summed E-state index contributed by atoms with van der Waals surface area (Å²) in [4.78, 5) is 28.0. The first-order chi connectivity index (χ1) is 14.7. The molecule has 4 rings (SSSR count). The van der Waals surface area contributed by atoms with E-state index in [9.17, 15) is 4.79 Å². The number of nitrogens with one attached hydrogen (secondary N) is 2. The number of carbonyl (C=O) groups excluding carboxylic acids is 1. The monoisotopic (exact) mass is 442 g/mol. The molecule has 2 N–H and O–H groups in total. The van der Waals surface area contributed by atoms with E-state index in [1.807, 2.05) is 30.3 Å². The fourth-order valence-corrected chi connectivity index (χ4v) is 3.92. The van der Waals surface area contributed by atoms with Crippen molar-refractivity contribution in [3.05, 3.63) is 65.0 Å². The van der Waals surface area contributed by atoms with Crippen molar-refractivity contribution in [3.8, 4) is 0 Å². The molecule has 8 heteroatoms. The van der Waals surface area contributed by atoms with Gasteiger partial charge in [0.1, 0.15) is 11.3 Å². The third-order valence-corrected chi connectivity index (χ3v) is 5.87. The lowest BCUT2D eigenvalue weighted by molar-refractivity contribution is -0.153. The van der Waals surface area contributed by atoms with E-state index in [0.717, 1.165) is 5.70 Å². The van der Waals surface area contributed by atoms with E-state index in [1.54, 1.807) is 23.4 Å². The zero-order valence-electron chi connectivity index (χ0n) is 17.9. The standard InChI is InChI=1S/C23H27ClN4O3/c1-22(2,3)16-6-8-17(9-7-16)26-21(29)30-28-13-10-23(11-14-28)15-19(27-31-23)20-18(24)5-4-12-25-20/h4-9,12,15,27H,10-11,13-14H2,1-3H3,(H,26,29). The predicted octanol–water partition coefficient (Wildman–Crippen LogP) is 4.91. The van der Waals surface area contributed by atoms with Crippen LogP contribution in [0.2, 0.25) is 5.02 Å². The largest absolute Gasteiger partial charge is 0.430 e. The zero-order chi connectivity index (χ0) is 22.1. The van der Waals surface area contributed by atoms with Crippen LogP contribution in [-0.4, -0.2) is 34.8 Å². The molecule has 1 aromatic carbocycles. The van der Waals surface area contributed by atoms with Gasteiger partial charge in [0.05, 0.1) is 10.7 Å². The van der Waals surface area contributed by atoms with Gasteiger partial charge in [0.25, 0.3) is 0 Å². The fourth-order valence-electron chi connectivity index (χ4n) is 3.69. The Labute approximate surface area is 187 Å². The van der Waals surface area contributed by atoms with Gasteiger partial charge in [-0.1, -0.05) is 44.5 Å². The topological polar surface area (TPSA) is 75.7 Å². The Bertz CT molecular complexity index is 977. The van der Waals surface area contributed by atoms with Crippen molar-refractivity contribution in [1.29, 1.82) is 0 Å². The van der Waals surface area contributed by atoms with Crippen LogP contribution in [-0.2, 0) is 15.1 Å². The first-order valence-electron chi connectivity index (χ1n) is 10.4. The Hall–Kier alpha value is -2.61. The van der Waals surface area contributed by atoms with E-state index in [4.69, 9.17) is 21.3 Å². The lowest BCUT2D eigenvalue weighted by atomic mass is 9.87. The van der Waals surface area contributed by atoms with E-state index in [0.29, 0.717) is 42.3 Å². The second-order valence-electron chi connectivity index (χ2n) is 8.92. The lowest BCUT2D eigenvalue weighted by Crippen LogP contribution is -2.45. The number of nitrogens with zero attached hydrogens (tertiary/aromatic N) is 2. The second-order valence-corrected chi connectivity index (χ2v) is 9.33. The van der Waals surface area contributed by atoms with Crippen LogP contribution in [0.15, 0.2) is 48.7 Å². The number of hydroxylamine groups is 3. The molecule has 31 heavy (non-hydrogen) atoms. The van der Waals surface area contributed by atoms with Gasteiger partial charge >= 0.3 is 6.09 Å². The predicted molar refractivity (Wildman–Crippen MR) is 120 cm³/mol. The number of anilines is 1. The number of hydrogen-bond acceptors (Lipinski definition) is 6. The maximum absolute atomic E-state index is 12.3. The van der Waals surface area contributed by atoms with Crippen LogP contribution in [0.4, 0.5) is 10.5 Å². The van der Waals surface area contributed by atoms with Crippen LogP contribution < -0.4 is 10.8 Å². The fraction of sp³-hybridized carbons (Fsp3) is 0.391. The quantitative estimate of drug-likeness (QED) is 0.703. The van der Waals surface area contributed by atoms with Gasteiger partial charge in [-0.2, -0.15) is 0 Å². The molecular weight excluding hydrogens is 416 g/mol. The number of carbonyl (C=O) groups is 1. The van der Waals surface area contributed by atoms with Crippen LogP contribution in [0.25, 0.3) is 5.70 Å². The molecule has 1 spiro atoms. The van der Waals surface area contributed by atoms with Crippen molar-refractivity contribution >= 4 is 29.1 Å². The summed E-state index contributed by atoms with van der Waals surface area (Å²) >= 11 is 6.24. The highest BCUT2D eigenvalue weighted by atomic mass is 35.5. The summed E-state index contributed by atoms with van der Waals surface area (Å²) < 4.78 is 0. The van der Waals surface area contributed by atoms with Crippen molar-refractivity contribution in [2.24, 2.45) is 0 Å². The van der Waals surface area contributed by atoms with E-state index in [2.05, 4.69) is 36.6 Å². The normalized spacial score (nSPS) is 18.4. The first-order valence-corrected chi connectivity index (χ1v) is 10.7. The number of rotatable bonds is 3. The number of aromatic nitrogens is 1. The molecule has 0 bridgehead atoms. The molecule has 1 fully saturated rings. The zero-order valence-corrected chi connectivity index (χ0v) is 18.7. The van der Waals surface area contributed by atoms with Gasteiger partial charge in [-0.15, -0.1) is 5.06 Å². The molecule has 1 amide bonds. The van der Waals surface area contributed by atoms with E-state index in [1.165, 1.54) is 5.56 Å². The van der Waals surface area contributed by atoms with Crippen molar-refractivity contribution in [3.63, 3.8) is 0 Å². The minimum Gasteiger partial charge on any atom is -0.351 e. The molecular formula is C23H27ClN4O3. The van der Waals surface area contributed by atoms with Crippen LogP contribution in [0, 0.1) is 0 Å². The molecule has 1 aromatic heterocycles. The lowest BCUT2D eigenvalue weighted by Gasteiger charge is -2.35. The molecule has 0 saturated carbocycles. The molecule has 164 valence electrons. The Morgan fingerprint density at radius 2 is 1.94 bits per heavy atom. The Kier molecular flexibility index (Phi) is 5.92. The number of piperidine rings is 1. The Morgan fingerprint density at radius 1 is 1.23 bits per heavy atom. The molecule has 0 atom stereocenters. The van der Waals surface area contributed by atoms with Crippen molar-refractivity contribution in [1.82, 2.24) is 15.5 Å². The van der Waals surface area contributed by atoms with Crippen molar-refractivity contribution < 1.29 is 14.5 Å². The van der Waals surface area contributed by atoms with Crippen molar-refractivity contribution in [2.45, 2.75) is 44.6 Å². The molecule has 2 aromatic rings. The molecule has 7 nitrogen and oxygen atoms in total. The average molecular weight is 443 g/mol. The molecule has 0 aliphatic carbocycles. The number of pyridine rings is 1. The summed E-state index contributed by atoms with van der Waals surface area (Å²) in [7, 11) is 0. The minimum atomic E-state index is -0.499. The van der Waals surface area contributed by atoms with E-state index >= 15 is 0 Å². The summed E-state index contributed by atoms with van der Waals surface area (Å²) in [5.74, 6) is 0. The molecule has 3 heterocycles. The third-order valence-electron chi connectivity index (χ3n) is 5.56. The van der Waals surface area contributed by atoms with Gasteiger partial charge < -0.3 is 4.84 Å². The second kappa shape index (κ2) is 8.49. The van der Waals surface area contributed by atoms with Gasteiger partial charge in [0.2, 0.25) is 0 Å². The van der Waals surface area contributed by atoms with Crippen LogP contribution in [0.3, 0.4) is 0 Å². The van der Waals surface area contributed by atoms with Crippen LogP contribution >= 0.6 is 11.6 Å². The van der Waals surface area contributed by atoms with Gasteiger partial charge in [0.15, 0.2) is 0 Å². The number of benzene rings is 1. The highest BCUT2D eigenvalue weighted by Gasteiger charge is 2.40. The summed E-state index contributed by atoms with van der Waals surface area (Å²) in [5, 5.41) is 5.01. The van der Waals surface area contributed by atoms with Gasteiger partial charge in [-0.3, -0.25) is 20.6 Å². The summed E-state index contributed by atoms with van der Waals surface area (Å²) in [6, 6.07) is 11.4. The average Bonchev–Trinajstić information content (AvgIpc) is 3.13. The molecule has 0 radical (unpaired) electrons. The summed E-state index contributed by atoms with van der Waals surface area (Å²) in [6.07, 6.45) is 4.56. The van der Waals surface area contributed by atoms with E-state index < -0.39 is 11.7 Å². The number of halogens is 1. The smallest absolute Gasteiger partial charge is 0.351 e. The highest BCUT2D eigenvalue weighted by molar-refractivity contribution is 6.32. The van der Waals surface area contributed by atoms with Gasteiger partial charge in [0, 0.05) is 25.0 Å². The molecule has 2 aliphatic heterocycles. The van der Waals surface area contributed by atoms with Crippen molar-refractivity contribution in [2.75, 3.05) is 18.4 Å². The van der Waals surface area contributed by atoms with Gasteiger partial charge in [-0.25, -0.2) is 4.79 Å². The summed E-state index contributed by atoms with van der Waals surface area (Å²) in [5.41, 5.74) is 5.89. The first kappa shape index (κ1) is 21.6. The van der Waals surface area contributed by atoms with Gasteiger partial charge in [-0.05, 0) is 54.2 Å².